The highest BCUT2D eigenvalue weighted by Gasteiger charge is 2.13. The number of hydrogen-bond acceptors (Lipinski definition) is 3. The van der Waals surface area contributed by atoms with Crippen molar-refractivity contribution in [3.63, 3.8) is 0 Å². The van der Waals surface area contributed by atoms with Crippen LogP contribution in [-0.4, -0.2) is 28.9 Å². The van der Waals surface area contributed by atoms with Crippen molar-refractivity contribution in [2.75, 3.05) is 18.4 Å². The van der Waals surface area contributed by atoms with Crippen LogP contribution in [0.5, 0.6) is 0 Å². The number of anilines is 1. The summed E-state index contributed by atoms with van der Waals surface area (Å²) < 4.78 is 1.87. The lowest BCUT2D eigenvalue weighted by molar-refractivity contribution is 0.637. The van der Waals surface area contributed by atoms with E-state index in [0.717, 1.165) is 18.8 Å². The predicted octanol–water partition coefficient (Wildman–Crippen LogP) is 1.28. The smallest absolute Gasteiger partial charge is 0.0825 e. The molecule has 1 fully saturated rings. The summed E-state index contributed by atoms with van der Waals surface area (Å²) in [6, 6.07) is 0.600. The lowest BCUT2D eigenvalue weighted by atomic mass is 10.1. The Kier molecular flexibility index (Phi) is 3.26. The van der Waals surface area contributed by atoms with E-state index in [-0.39, 0.29) is 0 Å². The normalized spacial score (nSPS) is 22.4. The first-order valence-corrected chi connectivity index (χ1v) is 5.73. The molecule has 1 saturated heterocycles. The molecular weight excluding hydrogens is 188 g/mol. The zero-order valence-corrected chi connectivity index (χ0v) is 9.58. The van der Waals surface area contributed by atoms with Gasteiger partial charge in [-0.2, -0.15) is 5.10 Å². The maximum Gasteiger partial charge on any atom is 0.0825 e. The molecule has 2 rings (SSSR count). The van der Waals surface area contributed by atoms with E-state index in [1.807, 2.05) is 11.7 Å². The topological polar surface area (TPSA) is 41.9 Å². The number of nitrogens with zero attached hydrogens (tertiary/aromatic N) is 2. The van der Waals surface area contributed by atoms with Gasteiger partial charge >= 0.3 is 0 Å². The Morgan fingerprint density at radius 2 is 2.33 bits per heavy atom. The first-order chi connectivity index (χ1) is 7.25. The van der Waals surface area contributed by atoms with Crippen molar-refractivity contribution in [3.05, 3.63) is 11.9 Å². The van der Waals surface area contributed by atoms with E-state index in [1.54, 1.807) is 0 Å². The summed E-state index contributed by atoms with van der Waals surface area (Å²) in [5.41, 5.74) is 2.28. The predicted molar refractivity (Wildman–Crippen MR) is 62.1 cm³/mol. The maximum atomic E-state index is 4.34. The molecule has 0 amide bonds. The third-order valence-electron chi connectivity index (χ3n) is 2.95. The van der Waals surface area contributed by atoms with Gasteiger partial charge < -0.3 is 10.6 Å². The lowest BCUT2D eigenvalue weighted by Crippen LogP contribution is -2.21. The molecule has 84 valence electrons. The second-order valence-electron chi connectivity index (χ2n) is 4.32. The highest BCUT2D eigenvalue weighted by molar-refractivity contribution is 5.46. The summed E-state index contributed by atoms with van der Waals surface area (Å²) in [7, 11) is 1.97. The molecule has 0 aromatic carbocycles. The third-order valence-corrected chi connectivity index (χ3v) is 2.95. The van der Waals surface area contributed by atoms with Crippen molar-refractivity contribution < 1.29 is 0 Å². The van der Waals surface area contributed by atoms with Crippen LogP contribution in [0, 0.1) is 6.92 Å². The Morgan fingerprint density at radius 3 is 3.07 bits per heavy atom. The molecule has 0 saturated carbocycles. The molecule has 4 nitrogen and oxygen atoms in total. The minimum absolute atomic E-state index is 0.600. The van der Waals surface area contributed by atoms with E-state index >= 15 is 0 Å². The molecule has 0 radical (unpaired) electrons. The van der Waals surface area contributed by atoms with Crippen LogP contribution in [-0.2, 0) is 7.05 Å². The van der Waals surface area contributed by atoms with Gasteiger partial charge in [-0.25, -0.2) is 0 Å². The van der Waals surface area contributed by atoms with Crippen molar-refractivity contribution in [2.24, 2.45) is 7.05 Å². The fourth-order valence-electron chi connectivity index (χ4n) is 2.12. The van der Waals surface area contributed by atoms with Crippen molar-refractivity contribution in [1.82, 2.24) is 15.1 Å². The van der Waals surface area contributed by atoms with Crippen LogP contribution in [0.25, 0.3) is 0 Å². The van der Waals surface area contributed by atoms with Gasteiger partial charge in [-0.3, -0.25) is 4.68 Å². The maximum absolute atomic E-state index is 4.34. The van der Waals surface area contributed by atoms with Crippen molar-refractivity contribution in [2.45, 2.75) is 32.2 Å². The van der Waals surface area contributed by atoms with Crippen LogP contribution >= 0.6 is 0 Å². The molecular formula is C11H20N4. The van der Waals surface area contributed by atoms with Crippen LogP contribution in [0.1, 0.15) is 25.0 Å². The van der Waals surface area contributed by atoms with Gasteiger partial charge in [0, 0.05) is 19.3 Å². The van der Waals surface area contributed by atoms with E-state index < -0.39 is 0 Å². The Labute approximate surface area is 91.1 Å². The van der Waals surface area contributed by atoms with Gasteiger partial charge in [0.05, 0.1) is 11.4 Å². The van der Waals surface area contributed by atoms with Crippen LogP contribution in [0.3, 0.4) is 0 Å². The molecule has 1 unspecified atom stereocenters. The van der Waals surface area contributed by atoms with Gasteiger partial charge in [0.25, 0.3) is 0 Å². The molecule has 15 heavy (non-hydrogen) atoms. The molecule has 1 aromatic heterocycles. The monoisotopic (exact) mass is 208 g/mol. The van der Waals surface area contributed by atoms with Gasteiger partial charge in [-0.15, -0.1) is 0 Å². The first kappa shape index (κ1) is 10.5. The Bertz CT molecular complexity index is 310. The standard InChI is InChI=1S/C11H20N4/c1-9-11(8-15(2)14-9)13-10-4-3-6-12-7-5-10/h8,10,12-13H,3-7H2,1-2H3. The average Bonchev–Trinajstić information content (AvgIpc) is 2.44. The van der Waals surface area contributed by atoms with E-state index in [2.05, 4.69) is 28.9 Å². The van der Waals surface area contributed by atoms with Crippen LogP contribution in [0.4, 0.5) is 5.69 Å². The van der Waals surface area contributed by atoms with Gasteiger partial charge in [-0.1, -0.05) is 0 Å². The molecule has 0 bridgehead atoms. The molecule has 0 spiro atoms. The fraction of sp³-hybridized carbons (Fsp3) is 0.727. The van der Waals surface area contributed by atoms with Gasteiger partial charge in [-0.05, 0) is 39.3 Å². The summed E-state index contributed by atoms with van der Waals surface area (Å²) in [4.78, 5) is 0. The Balaban J connectivity index is 1.97. The summed E-state index contributed by atoms with van der Waals surface area (Å²) in [6.07, 6.45) is 5.78. The molecule has 1 aliphatic rings. The number of hydrogen-bond donors (Lipinski definition) is 2. The molecule has 2 heterocycles. The third kappa shape index (κ3) is 2.72. The second kappa shape index (κ2) is 4.66. The lowest BCUT2D eigenvalue weighted by Gasteiger charge is -2.16. The fourth-order valence-corrected chi connectivity index (χ4v) is 2.12. The number of aryl methyl sites for hydroxylation is 2. The Hall–Kier alpha value is -1.03. The summed E-state index contributed by atoms with van der Waals surface area (Å²) >= 11 is 0. The quantitative estimate of drug-likeness (QED) is 0.769. The molecule has 1 atom stereocenters. The zero-order chi connectivity index (χ0) is 10.7. The van der Waals surface area contributed by atoms with Crippen LogP contribution in [0.15, 0.2) is 6.20 Å². The summed E-state index contributed by atoms with van der Waals surface area (Å²) in [5, 5.41) is 11.3. The zero-order valence-electron chi connectivity index (χ0n) is 9.58. The average molecular weight is 208 g/mol. The van der Waals surface area contributed by atoms with E-state index in [9.17, 15) is 0 Å². The van der Waals surface area contributed by atoms with Crippen molar-refractivity contribution >= 4 is 5.69 Å². The van der Waals surface area contributed by atoms with Crippen molar-refractivity contribution in [3.8, 4) is 0 Å². The molecule has 2 N–H and O–H groups in total. The van der Waals surface area contributed by atoms with Crippen LogP contribution < -0.4 is 10.6 Å². The molecule has 0 aliphatic carbocycles. The number of rotatable bonds is 2. The Morgan fingerprint density at radius 1 is 1.47 bits per heavy atom. The van der Waals surface area contributed by atoms with Crippen molar-refractivity contribution in [1.29, 1.82) is 0 Å². The largest absolute Gasteiger partial charge is 0.380 e. The molecule has 4 heteroatoms. The number of aromatic nitrogens is 2. The SMILES string of the molecule is Cc1nn(C)cc1NC1CCCNCC1. The minimum atomic E-state index is 0.600. The number of nitrogens with one attached hydrogen (secondary N) is 2. The van der Waals surface area contributed by atoms with E-state index in [4.69, 9.17) is 0 Å². The molecule has 1 aromatic rings. The van der Waals surface area contributed by atoms with Crippen LogP contribution in [0.2, 0.25) is 0 Å². The van der Waals surface area contributed by atoms with Gasteiger partial charge in [0.2, 0.25) is 0 Å². The summed E-state index contributed by atoms with van der Waals surface area (Å²) in [6.45, 7) is 4.33. The van der Waals surface area contributed by atoms with Gasteiger partial charge in [0.1, 0.15) is 0 Å². The minimum Gasteiger partial charge on any atom is -0.380 e. The highest BCUT2D eigenvalue weighted by Crippen LogP contribution is 2.16. The molecule has 1 aliphatic heterocycles. The van der Waals surface area contributed by atoms with E-state index in [1.165, 1.54) is 24.9 Å². The highest BCUT2D eigenvalue weighted by atomic mass is 15.3. The second-order valence-corrected chi connectivity index (χ2v) is 4.32. The van der Waals surface area contributed by atoms with E-state index in [0.29, 0.717) is 6.04 Å². The van der Waals surface area contributed by atoms with Gasteiger partial charge in [0.15, 0.2) is 0 Å². The summed E-state index contributed by atoms with van der Waals surface area (Å²) in [5.74, 6) is 0. The first-order valence-electron chi connectivity index (χ1n) is 5.73.